The third kappa shape index (κ3) is 2.92. The van der Waals surface area contributed by atoms with Crippen LogP contribution in [0, 0.1) is 6.92 Å². The molecule has 1 fully saturated rings. The summed E-state index contributed by atoms with van der Waals surface area (Å²) in [5.74, 6) is 0.424. The van der Waals surface area contributed by atoms with Crippen molar-refractivity contribution in [2.24, 2.45) is 0 Å². The average Bonchev–Trinajstić information content (AvgIpc) is 3.19. The van der Waals surface area contributed by atoms with Crippen molar-refractivity contribution in [2.45, 2.75) is 30.8 Å². The monoisotopic (exact) mass is 382 g/mol. The molecule has 1 aliphatic rings. The molecule has 0 spiro atoms. The predicted octanol–water partition coefficient (Wildman–Crippen LogP) is 2.25. The molecular weight excluding hydrogens is 366 g/mol. The first kappa shape index (κ1) is 15.3. The second kappa shape index (κ2) is 6.08. The zero-order valence-electron chi connectivity index (χ0n) is 14.4. The fourth-order valence-electron chi connectivity index (χ4n) is 3.10. The van der Waals surface area contributed by atoms with Gasteiger partial charge < -0.3 is 4.42 Å². The Morgan fingerprint density at radius 3 is 2.80 bits per heavy atom. The molecule has 4 rings (SSSR count). The lowest BCUT2D eigenvalue weighted by molar-refractivity contribution is 0.307. The van der Waals surface area contributed by atoms with Gasteiger partial charge in [0.1, 0.15) is 7.67 Å². The molecule has 10 heteroatoms. The number of pyridine rings is 1. The molecular formula is C15H16ClN5O3S. The van der Waals surface area contributed by atoms with Crippen LogP contribution in [0.25, 0.3) is 5.65 Å². The maximum atomic E-state index is 12.6. The minimum atomic E-state index is -3.67. The summed E-state index contributed by atoms with van der Waals surface area (Å²) in [4.78, 5) is 7.83. The van der Waals surface area contributed by atoms with Crippen LogP contribution in [-0.4, -0.2) is 45.4 Å². The van der Waals surface area contributed by atoms with E-state index in [0.29, 0.717) is 42.5 Å². The number of sulfonamides is 1. The van der Waals surface area contributed by atoms with Crippen molar-refractivity contribution in [3.05, 3.63) is 41.2 Å². The molecule has 1 aliphatic heterocycles. The van der Waals surface area contributed by atoms with Gasteiger partial charge in [-0.05, 0) is 24.3 Å². The van der Waals surface area contributed by atoms with Crippen molar-refractivity contribution >= 4 is 27.3 Å². The number of fused-ring (bicyclic) bond motifs is 1. The SMILES string of the molecule is [2H]c1nc2cc(Cl)c(C3CCN(S(=O)(=O)c4cnc(C)o4)CC3)cn2n1. The van der Waals surface area contributed by atoms with Crippen LogP contribution < -0.4 is 0 Å². The third-order valence-corrected chi connectivity index (χ3v) is 6.50. The summed E-state index contributed by atoms with van der Waals surface area (Å²) in [7, 11) is -3.67. The first-order valence-electron chi connectivity index (χ1n) is 8.29. The van der Waals surface area contributed by atoms with E-state index < -0.39 is 10.0 Å². The number of aryl methyl sites for hydroxylation is 1. The molecule has 4 heterocycles. The van der Waals surface area contributed by atoms with Gasteiger partial charge in [0.25, 0.3) is 15.1 Å². The number of nitrogens with zero attached hydrogens (tertiary/aromatic N) is 5. The molecule has 0 N–H and O–H groups in total. The van der Waals surface area contributed by atoms with Crippen LogP contribution in [0.2, 0.25) is 5.02 Å². The highest BCUT2D eigenvalue weighted by Gasteiger charge is 2.33. The zero-order chi connectivity index (χ0) is 18.5. The number of piperidine rings is 1. The van der Waals surface area contributed by atoms with Crippen LogP contribution in [0.1, 0.15) is 31.6 Å². The predicted molar refractivity (Wildman–Crippen MR) is 90.0 cm³/mol. The molecule has 0 atom stereocenters. The molecule has 0 bridgehead atoms. The fraction of sp³-hybridized carbons (Fsp3) is 0.400. The Morgan fingerprint density at radius 2 is 2.12 bits per heavy atom. The van der Waals surface area contributed by atoms with E-state index in [4.69, 9.17) is 17.4 Å². The van der Waals surface area contributed by atoms with E-state index in [9.17, 15) is 8.42 Å². The topological polar surface area (TPSA) is 93.6 Å². The molecule has 0 aromatic carbocycles. The first-order chi connectivity index (χ1) is 12.3. The van der Waals surface area contributed by atoms with Crippen molar-refractivity contribution in [2.75, 3.05) is 13.1 Å². The van der Waals surface area contributed by atoms with Gasteiger partial charge in [-0.3, -0.25) is 0 Å². The maximum Gasteiger partial charge on any atom is 0.278 e. The summed E-state index contributed by atoms with van der Waals surface area (Å²) in [6, 6.07) is 1.68. The van der Waals surface area contributed by atoms with Crippen LogP contribution in [0.15, 0.2) is 34.3 Å². The van der Waals surface area contributed by atoms with Gasteiger partial charge in [-0.2, -0.15) is 9.40 Å². The standard InChI is InChI=1S/C15H16ClN5O3S/c1-10-17-7-15(24-10)25(22,23)20-4-2-11(3-5-20)12-8-21-14(6-13(12)16)18-9-19-21/h6-9,11H,2-5H2,1H3/i9D. The average molecular weight is 383 g/mol. The van der Waals surface area contributed by atoms with E-state index in [1.807, 2.05) is 0 Å². The van der Waals surface area contributed by atoms with Gasteiger partial charge in [-0.15, -0.1) is 0 Å². The van der Waals surface area contributed by atoms with Gasteiger partial charge in [0.2, 0.25) is 0 Å². The minimum Gasteiger partial charge on any atom is -0.428 e. The molecule has 25 heavy (non-hydrogen) atoms. The number of rotatable bonds is 3. The zero-order valence-corrected chi connectivity index (χ0v) is 15.0. The lowest BCUT2D eigenvalue weighted by Gasteiger charge is -2.30. The van der Waals surface area contributed by atoms with E-state index >= 15 is 0 Å². The number of aromatic nitrogens is 4. The molecule has 0 amide bonds. The quantitative estimate of drug-likeness (QED) is 0.689. The Bertz CT molecular complexity index is 1070. The van der Waals surface area contributed by atoms with E-state index in [1.54, 1.807) is 19.2 Å². The lowest BCUT2D eigenvalue weighted by Crippen LogP contribution is -2.37. The van der Waals surface area contributed by atoms with Gasteiger partial charge in [-0.1, -0.05) is 11.6 Å². The molecule has 0 aliphatic carbocycles. The third-order valence-electron chi connectivity index (χ3n) is 4.43. The van der Waals surface area contributed by atoms with Crippen molar-refractivity contribution in [3.8, 4) is 0 Å². The smallest absolute Gasteiger partial charge is 0.278 e. The van der Waals surface area contributed by atoms with Crippen molar-refractivity contribution in [3.63, 3.8) is 0 Å². The number of hydrogen-bond donors (Lipinski definition) is 0. The van der Waals surface area contributed by atoms with Gasteiger partial charge in [0, 0.05) is 37.3 Å². The Hall–Kier alpha value is -1.97. The molecule has 0 radical (unpaired) electrons. The van der Waals surface area contributed by atoms with E-state index in [-0.39, 0.29) is 17.3 Å². The van der Waals surface area contributed by atoms with Gasteiger partial charge in [0.05, 0.1) is 6.20 Å². The van der Waals surface area contributed by atoms with Gasteiger partial charge in [-0.25, -0.2) is 22.9 Å². The van der Waals surface area contributed by atoms with Crippen molar-refractivity contribution in [1.29, 1.82) is 0 Å². The van der Waals surface area contributed by atoms with Crippen molar-refractivity contribution in [1.82, 2.24) is 23.9 Å². The Balaban J connectivity index is 1.54. The van der Waals surface area contributed by atoms with Crippen LogP contribution >= 0.6 is 11.6 Å². The molecule has 3 aromatic heterocycles. The largest absolute Gasteiger partial charge is 0.428 e. The summed E-state index contributed by atoms with van der Waals surface area (Å²) in [6.45, 7) is 2.33. The normalized spacial score (nSPS) is 17.9. The van der Waals surface area contributed by atoms with Crippen molar-refractivity contribution < 1.29 is 14.2 Å². The van der Waals surface area contributed by atoms with Crippen LogP contribution in [0.5, 0.6) is 0 Å². The molecule has 3 aromatic rings. The molecule has 132 valence electrons. The van der Waals surface area contributed by atoms with Gasteiger partial charge >= 0.3 is 0 Å². The van der Waals surface area contributed by atoms with E-state index in [0.717, 1.165) is 5.56 Å². The minimum absolute atomic E-state index is 0.0681. The summed E-state index contributed by atoms with van der Waals surface area (Å²) >= 11 is 6.37. The molecule has 0 unspecified atom stereocenters. The highest BCUT2D eigenvalue weighted by Crippen LogP contribution is 2.34. The second-order valence-corrected chi connectivity index (χ2v) is 8.24. The Kier molecular flexibility index (Phi) is 3.72. The lowest BCUT2D eigenvalue weighted by atomic mass is 9.91. The molecule has 0 saturated carbocycles. The first-order valence-corrected chi connectivity index (χ1v) is 9.61. The number of hydrogen-bond acceptors (Lipinski definition) is 6. The Labute approximate surface area is 150 Å². The summed E-state index contributed by atoms with van der Waals surface area (Å²) in [5, 5.41) is 4.42. The Morgan fingerprint density at radius 1 is 1.36 bits per heavy atom. The van der Waals surface area contributed by atoms with Gasteiger partial charge in [0.15, 0.2) is 11.5 Å². The highest BCUT2D eigenvalue weighted by molar-refractivity contribution is 7.89. The van der Waals surface area contributed by atoms with E-state index in [2.05, 4.69) is 15.1 Å². The summed E-state index contributed by atoms with van der Waals surface area (Å²) < 4.78 is 40.9. The summed E-state index contributed by atoms with van der Waals surface area (Å²) in [5.41, 5.74) is 1.40. The fourth-order valence-corrected chi connectivity index (χ4v) is 4.76. The second-order valence-electron chi connectivity index (χ2n) is 5.97. The van der Waals surface area contributed by atoms with Crippen LogP contribution in [-0.2, 0) is 10.0 Å². The van der Waals surface area contributed by atoms with Crippen LogP contribution in [0.4, 0.5) is 0 Å². The maximum absolute atomic E-state index is 12.6. The summed E-state index contributed by atoms with van der Waals surface area (Å²) in [6.07, 6.45) is 4.20. The number of halogens is 1. The van der Waals surface area contributed by atoms with Crippen LogP contribution in [0.3, 0.4) is 0 Å². The number of oxazole rings is 1. The van der Waals surface area contributed by atoms with E-state index in [1.165, 1.54) is 15.0 Å². The molecule has 1 saturated heterocycles. The highest BCUT2D eigenvalue weighted by atomic mass is 35.5. The molecule has 8 nitrogen and oxygen atoms in total.